The molecule has 106 valence electrons. The van der Waals surface area contributed by atoms with Crippen molar-refractivity contribution in [3.8, 4) is 0 Å². The summed E-state index contributed by atoms with van der Waals surface area (Å²) in [6.45, 7) is 6.22. The van der Waals surface area contributed by atoms with Gasteiger partial charge in [-0.3, -0.25) is 4.79 Å². The van der Waals surface area contributed by atoms with Crippen molar-refractivity contribution in [3.63, 3.8) is 0 Å². The van der Waals surface area contributed by atoms with Crippen LogP contribution in [0.25, 0.3) is 0 Å². The first-order valence-corrected chi connectivity index (χ1v) is 7.66. The molecule has 3 heterocycles. The third-order valence-electron chi connectivity index (χ3n) is 3.16. The zero-order valence-electron chi connectivity index (χ0n) is 11.8. The molecular weight excluding hydrogens is 274 g/mol. The Bertz CT molecular complexity index is 638. The van der Waals surface area contributed by atoms with Gasteiger partial charge in [0.25, 0.3) is 5.91 Å². The quantitative estimate of drug-likeness (QED) is 0.923. The van der Waals surface area contributed by atoms with Crippen molar-refractivity contribution >= 4 is 23.5 Å². The van der Waals surface area contributed by atoms with Gasteiger partial charge in [-0.15, -0.1) is 0 Å². The first kappa shape index (κ1) is 13.3. The molecule has 1 aliphatic rings. The summed E-state index contributed by atoms with van der Waals surface area (Å²) in [7, 11) is 0. The van der Waals surface area contributed by atoms with Gasteiger partial charge in [0.05, 0.1) is 17.5 Å². The van der Waals surface area contributed by atoms with Gasteiger partial charge >= 0.3 is 0 Å². The maximum atomic E-state index is 12.2. The van der Waals surface area contributed by atoms with E-state index in [0.717, 1.165) is 28.6 Å². The van der Waals surface area contributed by atoms with Crippen molar-refractivity contribution in [2.45, 2.75) is 37.8 Å². The number of carbonyl (C=O) groups excluding carboxylic acids is 1. The van der Waals surface area contributed by atoms with E-state index < -0.39 is 0 Å². The number of aromatic nitrogens is 2. The van der Waals surface area contributed by atoms with Gasteiger partial charge in [-0.1, -0.05) is 0 Å². The fraction of sp³-hybridized carbons (Fsp3) is 0.429. The maximum Gasteiger partial charge on any atom is 0.292 e. The first-order chi connectivity index (χ1) is 9.47. The van der Waals surface area contributed by atoms with Crippen molar-refractivity contribution in [2.24, 2.45) is 0 Å². The Kier molecular flexibility index (Phi) is 3.12. The Balaban J connectivity index is 1.98. The van der Waals surface area contributed by atoms with Crippen molar-refractivity contribution < 1.29 is 9.21 Å². The second kappa shape index (κ2) is 4.70. The van der Waals surface area contributed by atoms with Gasteiger partial charge in [0.15, 0.2) is 5.76 Å². The highest BCUT2D eigenvalue weighted by Gasteiger charge is 2.29. The number of nitrogens with zero attached hydrogens (tertiary/aromatic N) is 2. The summed E-state index contributed by atoms with van der Waals surface area (Å²) >= 11 is 1.82. The standard InChI is InChI=1S/C14H17N3O2S/c1-14(2,3)17-12(9-7-20-8-10(9)16-17)15-13(18)11-5-4-6-19-11/h4-6H,7-8H2,1-3H3,(H,15,18). The van der Waals surface area contributed by atoms with E-state index in [-0.39, 0.29) is 11.4 Å². The molecular formula is C14H17N3O2S. The highest BCUT2D eigenvalue weighted by Crippen LogP contribution is 2.37. The van der Waals surface area contributed by atoms with Crippen LogP contribution in [-0.2, 0) is 17.0 Å². The maximum absolute atomic E-state index is 12.2. The normalized spacial score (nSPS) is 14.3. The minimum atomic E-state index is -0.236. The van der Waals surface area contributed by atoms with E-state index in [0.29, 0.717) is 5.76 Å². The Labute approximate surface area is 121 Å². The number of rotatable bonds is 2. The third kappa shape index (κ3) is 2.24. The zero-order chi connectivity index (χ0) is 14.3. The molecule has 5 nitrogen and oxygen atoms in total. The van der Waals surface area contributed by atoms with Crippen LogP contribution in [0.4, 0.5) is 5.82 Å². The summed E-state index contributed by atoms with van der Waals surface area (Å²) in [5.74, 6) is 2.66. The van der Waals surface area contributed by atoms with E-state index in [1.54, 1.807) is 12.1 Å². The summed E-state index contributed by atoms with van der Waals surface area (Å²) in [5.41, 5.74) is 2.02. The van der Waals surface area contributed by atoms with E-state index in [1.807, 2.05) is 16.4 Å². The van der Waals surface area contributed by atoms with Crippen LogP contribution in [0.3, 0.4) is 0 Å². The molecule has 0 aliphatic carbocycles. The van der Waals surface area contributed by atoms with Crippen LogP contribution in [0.2, 0.25) is 0 Å². The molecule has 3 rings (SSSR count). The van der Waals surface area contributed by atoms with Gasteiger partial charge in [-0.25, -0.2) is 4.68 Å². The average molecular weight is 291 g/mol. The predicted octanol–water partition coefficient (Wildman–Crippen LogP) is 3.23. The second-order valence-corrected chi connectivity index (χ2v) is 6.77. The minimum Gasteiger partial charge on any atom is -0.459 e. The molecule has 20 heavy (non-hydrogen) atoms. The fourth-order valence-corrected chi connectivity index (χ4v) is 3.24. The summed E-state index contributed by atoms with van der Waals surface area (Å²) in [4.78, 5) is 12.2. The molecule has 2 aromatic heterocycles. The smallest absolute Gasteiger partial charge is 0.292 e. The van der Waals surface area contributed by atoms with Crippen LogP contribution < -0.4 is 5.32 Å². The van der Waals surface area contributed by atoms with Crippen LogP contribution >= 0.6 is 11.8 Å². The molecule has 0 saturated heterocycles. The summed E-state index contributed by atoms with van der Waals surface area (Å²) < 4.78 is 7.04. The number of amides is 1. The van der Waals surface area contributed by atoms with Crippen molar-refractivity contribution in [1.29, 1.82) is 0 Å². The number of hydrogen-bond acceptors (Lipinski definition) is 4. The SMILES string of the molecule is CC(C)(C)n1nc2c(c1NC(=O)c1ccco1)CSC2. The van der Waals surface area contributed by atoms with Gasteiger partial charge < -0.3 is 9.73 Å². The van der Waals surface area contributed by atoms with Gasteiger partial charge in [-0.2, -0.15) is 16.9 Å². The third-order valence-corrected chi connectivity index (χ3v) is 4.13. The van der Waals surface area contributed by atoms with Gasteiger partial charge in [-0.05, 0) is 32.9 Å². The number of carbonyl (C=O) groups is 1. The van der Waals surface area contributed by atoms with Crippen LogP contribution in [-0.4, -0.2) is 15.7 Å². The topological polar surface area (TPSA) is 60.1 Å². The van der Waals surface area contributed by atoms with Crippen molar-refractivity contribution in [3.05, 3.63) is 35.4 Å². The van der Waals surface area contributed by atoms with Crippen LogP contribution in [0.1, 0.15) is 42.6 Å². The van der Waals surface area contributed by atoms with Crippen LogP contribution in [0, 0.1) is 0 Å². The number of anilines is 1. The molecule has 2 aromatic rings. The van der Waals surface area contributed by atoms with Gasteiger partial charge in [0.1, 0.15) is 5.82 Å². The Morgan fingerprint density at radius 3 is 2.90 bits per heavy atom. The zero-order valence-corrected chi connectivity index (χ0v) is 12.6. The van der Waals surface area contributed by atoms with Gasteiger partial charge in [0, 0.05) is 17.1 Å². The molecule has 0 spiro atoms. The lowest BCUT2D eigenvalue weighted by molar-refractivity contribution is 0.0995. The highest BCUT2D eigenvalue weighted by molar-refractivity contribution is 7.98. The van der Waals surface area contributed by atoms with E-state index >= 15 is 0 Å². The van der Waals surface area contributed by atoms with E-state index in [9.17, 15) is 4.79 Å². The molecule has 1 amide bonds. The fourth-order valence-electron chi connectivity index (χ4n) is 2.20. The summed E-state index contributed by atoms with van der Waals surface area (Å²) in [5, 5.41) is 7.60. The lowest BCUT2D eigenvalue weighted by Gasteiger charge is -2.23. The highest BCUT2D eigenvalue weighted by atomic mass is 32.2. The van der Waals surface area contributed by atoms with E-state index in [1.165, 1.54) is 6.26 Å². The average Bonchev–Trinajstić information content (AvgIpc) is 3.04. The minimum absolute atomic E-state index is 0.180. The molecule has 0 unspecified atom stereocenters. The number of hydrogen-bond donors (Lipinski definition) is 1. The van der Waals surface area contributed by atoms with E-state index in [2.05, 4.69) is 31.2 Å². The molecule has 1 N–H and O–H groups in total. The summed E-state index contributed by atoms with van der Waals surface area (Å²) in [6.07, 6.45) is 1.50. The van der Waals surface area contributed by atoms with Crippen molar-refractivity contribution in [2.75, 3.05) is 5.32 Å². The Hall–Kier alpha value is -1.69. The Morgan fingerprint density at radius 1 is 1.45 bits per heavy atom. The van der Waals surface area contributed by atoms with Gasteiger partial charge in [0.2, 0.25) is 0 Å². The number of thioether (sulfide) groups is 1. The molecule has 0 saturated carbocycles. The number of fused-ring (bicyclic) bond motifs is 1. The monoisotopic (exact) mass is 291 g/mol. The second-order valence-electron chi connectivity index (χ2n) is 5.78. The Morgan fingerprint density at radius 2 is 2.25 bits per heavy atom. The van der Waals surface area contributed by atoms with Crippen LogP contribution in [0.5, 0.6) is 0 Å². The molecule has 1 aliphatic heterocycles. The molecule has 6 heteroatoms. The number of nitrogens with one attached hydrogen (secondary N) is 1. The molecule has 0 fully saturated rings. The summed E-state index contributed by atoms with van der Waals surface area (Å²) in [6, 6.07) is 3.36. The molecule has 0 atom stereocenters. The molecule has 0 aromatic carbocycles. The first-order valence-electron chi connectivity index (χ1n) is 6.50. The van der Waals surface area contributed by atoms with Crippen LogP contribution in [0.15, 0.2) is 22.8 Å². The number of furan rings is 1. The predicted molar refractivity (Wildman–Crippen MR) is 78.9 cm³/mol. The van der Waals surface area contributed by atoms with E-state index in [4.69, 9.17) is 4.42 Å². The molecule has 0 radical (unpaired) electrons. The van der Waals surface area contributed by atoms with Crippen molar-refractivity contribution in [1.82, 2.24) is 9.78 Å². The largest absolute Gasteiger partial charge is 0.459 e. The lowest BCUT2D eigenvalue weighted by Crippen LogP contribution is -2.27. The lowest BCUT2D eigenvalue weighted by atomic mass is 10.1. The molecule has 0 bridgehead atoms.